The summed E-state index contributed by atoms with van der Waals surface area (Å²) in [6.45, 7) is 2.18. The van der Waals surface area contributed by atoms with E-state index in [1.165, 1.54) is 0 Å². The quantitative estimate of drug-likeness (QED) is 0.408. The lowest BCUT2D eigenvalue weighted by Gasteiger charge is -2.39. The Morgan fingerprint density at radius 1 is 0.944 bits per heavy atom. The maximum Gasteiger partial charge on any atom is 0.416 e. The van der Waals surface area contributed by atoms with E-state index in [2.05, 4.69) is 15.1 Å². The molecule has 2 aliphatic rings. The van der Waals surface area contributed by atoms with Crippen LogP contribution in [0.1, 0.15) is 67.1 Å². The van der Waals surface area contributed by atoms with Gasteiger partial charge in [0, 0.05) is 36.7 Å². The molecule has 2 fully saturated rings. The molecule has 0 amide bonds. The van der Waals surface area contributed by atoms with Gasteiger partial charge in [0.05, 0.1) is 12.0 Å². The number of likely N-dealkylation sites (tertiary alicyclic amines) is 1. The van der Waals surface area contributed by atoms with E-state index < -0.39 is 17.7 Å². The summed E-state index contributed by atoms with van der Waals surface area (Å²) in [5.74, 6) is -0.215. The number of hydrogen-bond donors (Lipinski definition) is 1. The van der Waals surface area contributed by atoms with Crippen LogP contribution in [0.3, 0.4) is 0 Å². The van der Waals surface area contributed by atoms with E-state index in [-0.39, 0.29) is 29.7 Å². The van der Waals surface area contributed by atoms with Gasteiger partial charge >= 0.3 is 12.1 Å². The van der Waals surface area contributed by atoms with Crippen molar-refractivity contribution in [2.24, 2.45) is 0 Å². The molecular weight excluding hydrogens is 471 g/mol. The molecule has 1 saturated carbocycles. The minimum Gasteiger partial charge on any atom is -0.481 e. The normalized spacial score (nSPS) is 17.8. The number of carboxylic acid groups (broad SMARTS) is 1. The lowest BCUT2D eigenvalue weighted by Crippen LogP contribution is -2.45. The first-order chi connectivity index (χ1) is 17.3. The fourth-order valence-electron chi connectivity index (χ4n) is 5.28. The number of alkyl halides is 3. The van der Waals surface area contributed by atoms with Crippen LogP contribution in [0.15, 0.2) is 46.9 Å². The highest BCUT2D eigenvalue weighted by Crippen LogP contribution is 2.42. The molecule has 5 rings (SSSR count). The van der Waals surface area contributed by atoms with Crippen molar-refractivity contribution >= 4 is 5.97 Å². The van der Waals surface area contributed by atoms with Gasteiger partial charge in [0.15, 0.2) is 0 Å². The predicted molar refractivity (Wildman–Crippen MR) is 127 cm³/mol. The summed E-state index contributed by atoms with van der Waals surface area (Å²) >= 11 is 0. The third kappa shape index (κ3) is 5.31. The first-order valence-corrected chi connectivity index (χ1v) is 12.4. The second-order valence-electron chi connectivity index (χ2n) is 9.77. The molecule has 1 aliphatic heterocycles. The van der Waals surface area contributed by atoms with Gasteiger partial charge in [0.2, 0.25) is 11.8 Å². The maximum atomic E-state index is 13.9. The van der Waals surface area contributed by atoms with Crippen molar-refractivity contribution < 1.29 is 27.5 Å². The van der Waals surface area contributed by atoms with Crippen molar-refractivity contribution in [3.8, 4) is 22.9 Å². The number of nitrogens with zero attached hydrogens (tertiary/aromatic N) is 3. The number of hydrogen-bond acceptors (Lipinski definition) is 5. The average Bonchev–Trinajstić information content (AvgIpc) is 3.33. The van der Waals surface area contributed by atoms with Crippen molar-refractivity contribution in [1.82, 2.24) is 15.1 Å². The van der Waals surface area contributed by atoms with Gasteiger partial charge < -0.3 is 14.4 Å². The summed E-state index contributed by atoms with van der Waals surface area (Å²) in [6.07, 6.45) is 0.242. The number of benzene rings is 2. The minimum absolute atomic E-state index is 0.0582. The summed E-state index contributed by atoms with van der Waals surface area (Å²) in [7, 11) is 0. The number of carboxylic acids is 1. The zero-order valence-corrected chi connectivity index (χ0v) is 19.8. The Kier molecular flexibility index (Phi) is 6.83. The van der Waals surface area contributed by atoms with Crippen LogP contribution in [0.4, 0.5) is 13.2 Å². The molecule has 6 nitrogen and oxygen atoms in total. The molecule has 0 atom stereocenters. The Morgan fingerprint density at radius 3 is 2.22 bits per heavy atom. The second-order valence-corrected chi connectivity index (χ2v) is 9.77. The van der Waals surface area contributed by atoms with Crippen LogP contribution < -0.4 is 0 Å². The molecule has 190 valence electrons. The Balaban J connectivity index is 1.30. The Hall–Kier alpha value is -3.20. The predicted octanol–water partition coefficient (Wildman–Crippen LogP) is 6.34. The Morgan fingerprint density at radius 2 is 1.58 bits per heavy atom. The summed E-state index contributed by atoms with van der Waals surface area (Å²) in [4.78, 5) is 12.8. The molecule has 0 bridgehead atoms. The van der Waals surface area contributed by atoms with Crippen LogP contribution in [0.25, 0.3) is 22.9 Å². The van der Waals surface area contributed by atoms with Crippen LogP contribution in [0, 0.1) is 0 Å². The SMILES string of the molecule is O=C(O)CCN1CC(c2ccc(-c3nnc(-c4ccc(C5CCCCC5)c(C(F)(F)F)c4)o3)cc2)C1. The number of rotatable bonds is 7. The highest BCUT2D eigenvalue weighted by molar-refractivity contribution is 5.67. The van der Waals surface area contributed by atoms with Crippen LogP contribution >= 0.6 is 0 Å². The molecule has 2 aromatic carbocycles. The molecule has 0 radical (unpaired) electrons. The van der Waals surface area contributed by atoms with Gasteiger partial charge in [-0.15, -0.1) is 10.2 Å². The molecule has 0 unspecified atom stereocenters. The van der Waals surface area contributed by atoms with Crippen molar-refractivity contribution in [3.63, 3.8) is 0 Å². The van der Waals surface area contributed by atoms with Crippen molar-refractivity contribution in [2.45, 2.75) is 56.5 Å². The topological polar surface area (TPSA) is 79.5 Å². The summed E-state index contributed by atoms with van der Waals surface area (Å²) in [5.41, 5.74) is 1.83. The van der Waals surface area contributed by atoms with Gasteiger partial charge in [-0.2, -0.15) is 13.2 Å². The van der Waals surface area contributed by atoms with E-state index in [1.807, 2.05) is 24.3 Å². The maximum absolute atomic E-state index is 13.9. The lowest BCUT2D eigenvalue weighted by atomic mass is 9.81. The largest absolute Gasteiger partial charge is 0.481 e. The van der Waals surface area contributed by atoms with Crippen LogP contribution in [-0.2, 0) is 11.0 Å². The van der Waals surface area contributed by atoms with Gasteiger partial charge in [0.1, 0.15) is 0 Å². The fraction of sp³-hybridized carbons (Fsp3) is 0.444. The van der Waals surface area contributed by atoms with E-state index in [4.69, 9.17) is 9.52 Å². The molecule has 0 spiro atoms. The molecule has 3 aromatic rings. The number of aliphatic carboxylic acids is 1. The van der Waals surface area contributed by atoms with E-state index in [0.717, 1.165) is 56.8 Å². The van der Waals surface area contributed by atoms with Gasteiger partial charge in [0.25, 0.3) is 0 Å². The molecule has 9 heteroatoms. The highest BCUT2D eigenvalue weighted by atomic mass is 19.4. The van der Waals surface area contributed by atoms with E-state index in [9.17, 15) is 18.0 Å². The van der Waals surface area contributed by atoms with E-state index in [1.54, 1.807) is 12.1 Å². The van der Waals surface area contributed by atoms with Crippen LogP contribution in [-0.4, -0.2) is 45.8 Å². The van der Waals surface area contributed by atoms with Gasteiger partial charge in [-0.05, 0) is 54.2 Å². The van der Waals surface area contributed by atoms with Gasteiger partial charge in [-0.3, -0.25) is 4.79 Å². The summed E-state index contributed by atoms with van der Waals surface area (Å²) in [5, 5.41) is 16.9. The first kappa shape index (κ1) is 24.5. The van der Waals surface area contributed by atoms with Crippen molar-refractivity contribution in [1.29, 1.82) is 0 Å². The van der Waals surface area contributed by atoms with E-state index >= 15 is 0 Å². The molecule has 1 aliphatic carbocycles. The Bertz CT molecular complexity index is 1210. The summed E-state index contributed by atoms with van der Waals surface area (Å²) < 4.78 is 47.5. The molecule has 36 heavy (non-hydrogen) atoms. The fourth-order valence-corrected chi connectivity index (χ4v) is 5.28. The molecular formula is C27H28F3N3O3. The number of aromatic nitrogens is 2. The van der Waals surface area contributed by atoms with Crippen molar-refractivity contribution in [3.05, 3.63) is 59.2 Å². The number of halogens is 3. The molecule has 1 N–H and O–H groups in total. The Labute approximate surface area is 207 Å². The third-order valence-corrected chi connectivity index (χ3v) is 7.30. The van der Waals surface area contributed by atoms with E-state index in [0.29, 0.717) is 23.6 Å². The van der Waals surface area contributed by atoms with Crippen LogP contribution in [0.5, 0.6) is 0 Å². The monoisotopic (exact) mass is 499 g/mol. The highest BCUT2D eigenvalue weighted by Gasteiger charge is 2.36. The third-order valence-electron chi connectivity index (χ3n) is 7.30. The summed E-state index contributed by atoms with van der Waals surface area (Å²) in [6, 6.07) is 12.0. The van der Waals surface area contributed by atoms with Crippen LogP contribution in [0.2, 0.25) is 0 Å². The zero-order valence-electron chi connectivity index (χ0n) is 19.8. The van der Waals surface area contributed by atoms with Crippen molar-refractivity contribution in [2.75, 3.05) is 19.6 Å². The van der Waals surface area contributed by atoms with Gasteiger partial charge in [-0.25, -0.2) is 0 Å². The average molecular weight is 500 g/mol. The second kappa shape index (κ2) is 10.0. The molecule has 1 aromatic heterocycles. The standard InChI is InChI=1S/C27H28F3N3O3/c28-27(29,30)23-14-20(10-11-22(23)18-4-2-1-3-5-18)26-32-31-25(36-26)19-8-6-17(7-9-19)21-15-33(16-21)13-12-24(34)35/h6-11,14,18,21H,1-5,12-13,15-16H2,(H,34,35). The first-order valence-electron chi connectivity index (χ1n) is 12.4. The van der Waals surface area contributed by atoms with Gasteiger partial charge in [-0.1, -0.05) is 37.5 Å². The number of carbonyl (C=O) groups is 1. The molecule has 1 saturated heterocycles. The minimum atomic E-state index is -4.45. The molecule has 2 heterocycles. The lowest BCUT2D eigenvalue weighted by molar-refractivity contribution is -0.139. The smallest absolute Gasteiger partial charge is 0.416 e. The zero-order chi connectivity index (χ0) is 25.3.